The van der Waals surface area contributed by atoms with Crippen LogP contribution in [0.4, 0.5) is 11.4 Å². The zero-order valence-corrected chi connectivity index (χ0v) is 16.7. The number of benzene rings is 1. The Balaban J connectivity index is 1.78. The van der Waals surface area contributed by atoms with Gasteiger partial charge in [-0.2, -0.15) is 0 Å². The zero-order chi connectivity index (χ0) is 19.4. The number of amides is 1. The molecule has 0 fully saturated rings. The van der Waals surface area contributed by atoms with Gasteiger partial charge >= 0.3 is 0 Å². The second kappa shape index (κ2) is 8.08. The highest BCUT2D eigenvalue weighted by atomic mass is 35.5. The Morgan fingerprint density at radius 1 is 1.19 bits per heavy atom. The maximum Gasteiger partial charge on any atom is 0.265 e. The largest absolute Gasteiger partial charge is 0.321 e. The van der Waals surface area contributed by atoms with Gasteiger partial charge in [-0.25, -0.2) is 8.42 Å². The molecule has 0 bridgehead atoms. The SMILES string of the molecule is CCS(=O)(=O)Nc1cc(Cl)cc(NC(=O)c2cc(-c3cccnc3)cs2)c1. The van der Waals surface area contributed by atoms with Crippen molar-refractivity contribution in [1.29, 1.82) is 0 Å². The van der Waals surface area contributed by atoms with E-state index in [2.05, 4.69) is 15.0 Å². The van der Waals surface area contributed by atoms with E-state index >= 15 is 0 Å². The highest BCUT2D eigenvalue weighted by Crippen LogP contribution is 2.27. The summed E-state index contributed by atoms with van der Waals surface area (Å²) < 4.78 is 25.9. The van der Waals surface area contributed by atoms with Crippen LogP contribution in [-0.2, 0) is 10.0 Å². The summed E-state index contributed by atoms with van der Waals surface area (Å²) in [5.41, 5.74) is 2.52. The average Bonchev–Trinajstić information content (AvgIpc) is 3.12. The minimum Gasteiger partial charge on any atom is -0.321 e. The van der Waals surface area contributed by atoms with E-state index in [1.165, 1.54) is 30.4 Å². The van der Waals surface area contributed by atoms with Crippen molar-refractivity contribution in [3.05, 3.63) is 64.1 Å². The van der Waals surface area contributed by atoms with Gasteiger partial charge < -0.3 is 5.32 Å². The van der Waals surface area contributed by atoms with Gasteiger partial charge in [-0.3, -0.25) is 14.5 Å². The molecule has 2 aromatic heterocycles. The molecular formula is C18H16ClN3O3S2. The number of hydrogen-bond donors (Lipinski definition) is 2. The highest BCUT2D eigenvalue weighted by Gasteiger charge is 2.13. The van der Waals surface area contributed by atoms with Gasteiger partial charge in [0.2, 0.25) is 10.0 Å². The molecule has 6 nitrogen and oxygen atoms in total. The lowest BCUT2D eigenvalue weighted by Gasteiger charge is -2.10. The fourth-order valence-corrected chi connectivity index (χ4v) is 3.97. The van der Waals surface area contributed by atoms with Crippen LogP contribution in [-0.4, -0.2) is 25.1 Å². The monoisotopic (exact) mass is 421 g/mol. The van der Waals surface area contributed by atoms with Gasteiger partial charge in [0.15, 0.2) is 0 Å². The Morgan fingerprint density at radius 2 is 1.96 bits per heavy atom. The van der Waals surface area contributed by atoms with Crippen molar-refractivity contribution in [2.45, 2.75) is 6.92 Å². The Labute approximate surface area is 166 Å². The summed E-state index contributed by atoms with van der Waals surface area (Å²) in [6.45, 7) is 1.53. The van der Waals surface area contributed by atoms with Crippen LogP contribution in [0.25, 0.3) is 11.1 Å². The molecule has 2 heterocycles. The molecule has 3 aromatic rings. The lowest BCUT2D eigenvalue weighted by molar-refractivity contribution is 0.103. The van der Waals surface area contributed by atoms with E-state index in [1.807, 2.05) is 17.5 Å². The van der Waals surface area contributed by atoms with E-state index in [4.69, 9.17) is 11.6 Å². The van der Waals surface area contributed by atoms with Crippen molar-refractivity contribution >= 4 is 50.2 Å². The van der Waals surface area contributed by atoms with Gasteiger partial charge in [0.05, 0.1) is 16.3 Å². The number of nitrogens with zero attached hydrogens (tertiary/aromatic N) is 1. The molecule has 0 unspecified atom stereocenters. The summed E-state index contributed by atoms with van der Waals surface area (Å²) in [5.74, 6) is -0.366. The van der Waals surface area contributed by atoms with Crippen molar-refractivity contribution in [3.63, 3.8) is 0 Å². The van der Waals surface area contributed by atoms with Crippen LogP contribution < -0.4 is 10.0 Å². The second-order valence-electron chi connectivity index (χ2n) is 5.63. The topological polar surface area (TPSA) is 88.2 Å². The van der Waals surface area contributed by atoms with Crippen molar-refractivity contribution < 1.29 is 13.2 Å². The zero-order valence-electron chi connectivity index (χ0n) is 14.3. The normalized spacial score (nSPS) is 11.2. The van der Waals surface area contributed by atoms with E-state index in [1.54, 1.807) is 24.5 Å². The second-order valence-corrected chi connectivity index (χ2v) is 8.99. The fraction of sp³-hybridized carbons (Fsp3) is 0.111. The molecule has 2 N–H and O–H groups in total. The molecule has 0 saturated heterocycles. The summed E-state index contributed by atoms with van der Waals surface area (Å²) in [4.78, 5) is 17.1. The number of halogens is 1. The molecule has 0 aliphatic rings. The molecule has 0 aliphatic carbocycles. The van der Waals surface area contributed by atoms with E-state index in [0.29, 0.717) is 21.3 Å². The summed E-state index contributed by atoms with van der Waals surface area (Å²) >= 11 is 7.35. The maximum atomic E-state index is 12.5. The van der Waals surface area contributed by atoms with Gasteiger partial charge in [-0.1, -0.05) is 17.7 Å². The van der Waals surface area contributed by atoms with E-state index in [0.717, 1.165) is 11.1 Å². The number of sulfonamides is 1. The number of nitrogens with one attached hydrogen (secondary N) is 2. The lowest BCUT2D eigenvalue weighted by Crippen LogP contribution is -2.15. The van der Waals surface area contributed by atoms with E-state index in [-0.39, 0.29) is 11.7 Å². The molecule has 0 radical (unpaired) electrons. The van der Waals surface area contributed by atoms with Crippen molar-refractivity contribution in [1.82, 2.24) is 4.98 Å². The van der Waals surface area contributed by atoms with Gasteiger partial charge in [-0.05, 0) is 48.2 Å². The first-order chi connectivity index (χ1) is 12.9. The number of thiophene rings is 1. The van der Waals surface area contributed by atoms with Crippen LogP contribution in [0.15, 0.2) is 54.2 Å². The van der Waals surface area contributed by atoms with Crippen LogP contribution >= 0.6 is 22.9 Å². The first kappa shape index (κ1) is 19.3. The number of pyridine rings is 1. The summed E-state index contributed by atoms with van der Waals surface area (Å²) in [6, 6.07) is 10.1. The third kappa shape index (κ3) is 5.06. The first-order valence-corrected chi connectivity index (χ1v) is 10.9. The molecule has 0 atom stereocenters. The third-order valence-corrected chi connectivity index (χ3v) is 6.08. The van der Waals surface area contributed by atoms with E-state index < -0.39 is 10.0 Å². The van der Waals surface area contributed by atoms with Crippen LogP contribution in [0.3, 0.4) is 0 Å². The predicted octanol–water partition coefficient (Wildman–Crippen LogP) is 4.48. The van der Waals surface area contributed by atoms with Gasteiger partial charge in [0.25, 0.3) is 5.91 Å². The summed E-state index contributed by atoms with van der Waals surface area (Å²) in [5, 5.41) is 4.93. The average molecular weight is 422 g/mol. The molecule has 140 valence electrons. The van der Waals surface area contributed by atoms with Crippen LogP contribution in [0.2, 0.25) is 5.02 Å². The molecule has 0 saturated carbocycles. The number of carbonyl (C=O) groups is 1. The maximum absolute atomic E-state index is 12.5. The standard InChI is InChI=1S/C18H16ClN3O3S2/c1-2-27(24,25)22-16-8-14(19)7-15(9-16)21-18(23)17-6-13(11-26-17)12-4-3-5-20-10-12/h3-11,22H,2H2,1H3,(H,21,23). The molecule has 27 heavy (non-hydrogen) atoms. The van der Waals surface area contributed by atoms with Gasteiger partial charge in [0, 0.05) is 28.7 Å². The Hall–Kier alpha value is -2.42. The van der Waals surface area contributed by atoms with Gasteiger partial charge in [-0.15, -0.1) is 11.3 Å². The predicted molar refractivity (Wildman–Crippen MR) is 110 cm³/mol. The molecular weight excluding hydrogens is 406 g/mol. The van der Waals surface area contributed by atoms with Crippen molar-refractivity contribution in [2.75, 3.05) is 15.8 Å². The van der Waals surface area contributed by atoms with Crippen LogP contribution in [0, 0.1) is 0 Å². The summed E-state index contributed by atoms with van der Waals surface area (Å²) in [6.07, 6.45) is 3.42. The minimum atomic E-state index is -3.44. The third-order valence-electron chi connectivity index (χ3n) is 3.63. The van der Waals surface area contributed by atoms with Crippen molar-refractivity contribution in [3.8, 4) is 11.1 Å². The van der Waals surface area contributed by atoms with E-state index in [9.17, 15) is 13.2 Å². The Kier molecular flexibility index (Phi) is 5.79. The lowest BCUT2D eigenvalue weighted by atomic mass is 10.1. The minimum absolute atomic E-state index is 0.0620. The number of rotatable bonds is 6. The molecule has 3 rings (SSSR count). The highest BCUT2D eigenvalue weighted by molar-refractivity contribution is 7.92. The molecule has 1 aromatic carbocycles. The summed E-state index contributed by atoms with van der Waals surface area (Å²) in [7, 11) is -3.44. The molecule has 0 spiro atoms. The molecule has 1 amide bonds. The molecule has 9 heteroatoms. The quantitative estimate of drug-likeness (QED) is 0.614. The van der Waals surface area contributed by atoms with Crippen LogP contribution in [0.5, 0.6) is 0 Å². The van der Waals surface area contributed by atoms with Gasteiger partial charge in [0.1, 0.15) is 0 Å². The van der Waals surface area contributed by atoms with Crippen molar-refractivity contribution in [2.24, 2.45) is 0 Å². The smallest absolute Gasteiger partial charge is 0.265 e. The number of carbonyl (C=O) groups excluding carboxylic acids is 1. The number of anilines is 2. The van der Waals surface area contributed by atoms with Crippen LogP contribution in [0.1, 0.15) is 16.6 Å². The Morgan fingerprint density at radius 3 is 2.67 bits per heavy atom. The Bertz CT molecular complexity index is 1070. The fourth-order valence-electron chi connectivity index (χ4n) is 2.31. The number of hydrogen-bond acceptors (Lipinski definition) is 5. The number of aromatic nitrogens is 1. The molecule has 0 aliphatic heterocycles. The first-order valence-electron chi connectivity index (χ1n) is 7.97.